The number of nitrogens with one attached hydrogen (secondary N) is 1. The van der Waals surface area contributed by atoms with Crippen LogP contribution in [0.1, 0.15) is 89.2 Å². The number of aliphatic hydroxyl groups is 1. The Morgan fingerprint density at radius 2 is 1.80 bits per heavy atom. The van der Waals surface area contributed by atoms with Crippen molar-refractivity contribution in [1.29, 1.82) is 0 Å². The fourth-order valence-electron chi connectivity index (χ4n) is 10.3. The summed E-state index contributed by atoms with van der Waals surface area (Å²) < 4.78 is 36.2. The number of esters is 1. The number of rotatable bonds is 9. The van der Waals surface area contributed by atoms with E-state index >= 15 is 0 Å². The zero-order chi connectivity index (χ0) is 47.7. The van der Waals surface area contributed by atoms with Crippen LogP contribution in [-0.2, 0) is 33.3 Å². The largest absolute Gasteiger partial charge is 0.458 e. The Morgan fingerprint density at radius 3 is 2.48 bits per heavy atom. The summed E-state index contributed by atoms with van der Waals surface area (Å²) in [5.74, 6) is 1.96. The van der Waals surface area contributed by atoms with Crippen LogP contribution in [0.4, 0.5) is 10.5 Å². The lowest BCUT2D eigenvalue weighted by Gasteiger charge is -2.47. The van der Waals surface area contributed by atoms with Gasteiger partial charge in [0.15, 0.2) is 17.7 Å². The number of hydrogen-bond donors (Lipinski definition) is 2. The Bertz CT molecular complexity index is 2330. The number of carbonyl (C=O) groups excluding carboxylic acids is 4. The molecule has 356 valence electrons. The molecule has 0 radical (unpaired) electrons. The highest BCUT2D eigenvalue weighted by Gasteiger charge is 2.60. The maximum absolute atomic E-state index is 14.7. The van der Waals surface area contributed by atoms with Crippen LogP contribution in [0.15, 0.2) is 47.6 Å². The first-order valence-electron chi connectivity index (χ1n) is 22.7. The summed E-state index contributed by atoms with van der Waals surface area (Å²) in [4.78, 5) is 66.3. The first-order chi connectivity index (χ1) is 31.3. The number of anilines is 1. The minimum absolute atomic E-state index is 0.107. The molecule has 1 aromatic carbocycles. The molecule has 2 N–H and O–H groups in total. The number of Topliss-reactive ketones (excluding diaryl/α,β-unsaturated/α-hetero) is 1. The lowest BCUT2D eigenvalue weighted by molar-refractivity contribution is -0.296. The van der Waals surface area contributed by atoms with E-state index in [1.165, 1.54) is 29.8 Å². The molecule has 0 spiro atoms. The van der Waals surface area contributed by atoms with Crippen LogP contribution in [0, 0.1) is 35.5 Å². The van der Waals surface area contributed by atoms with Crippen molar-refractivity contribution < 1.29 is 48.0 Å². The number of hydrogen-bond acceptors (Lipinski definition) is 16. The van der Waals surface area contributed by atoms with Crippen LogP contribution in [0.5, 0.6) is 0 Å². The summed E-state index contributed by atoms with van der Waals surface area (Å²) in [7, 11) is 3.77. The number of thiophene rings is 1. The number of ether oxygens (including phenoxy) is 5. The number of ketones is 1. The van der Waals surface area contributed by atoms with Crippen molar-refractivity contribution in [3.63, 3.8) is 0 Å². The summed E-state index contributed by atoms with van der Waals surface area (Å²) in [6, 6.07) is 10.1. The highest BCUT2D eigenvalue weighted by molar-refractivity contribution is 7.14. The normalized spacial score (nSPS) is 34.1. The summed E-state index contributed by atoms with van der Waals surface area (Å²) in [6.45, 7) is 15.3. The van der Waals surface area contributed by atoms with Gasteiger partial charge in [-0.25, -0.2) is 4.79 Å². The number of aromatic nitrogens is 2. The number of aliphatic imine (C=N–C) groups is 1. The zero-order valence-electron chi connectivity index (χ0n) is 39.3. The molecule has 18 heteroatoms. The summed E-state index contributed by atoms with van der Waals surface area (Å²) in [5, 5.41) is 18.6. The monoisotopic (exact) mass is 946 g/mol. The highest BCUT2D eigenvalue weighted by atomic mass is 32.1. The molecular formula is C48H62N6O10S2. The fraction of sp³-hybridized carbons (Fsp3) is 0.604. The van der Waals surface area contributed by atoms with Gasteiger partial charge in [-0.2, -0.15) is 0 Å². The molecule has 2 bridgehead atoms. The summed E-state index contributed by atoms with van der Waals surface area (Å²) in [6.07, 6.45) is -2.07. The molecule has 0 unspecified atom stereocenters. The van der Waals surface area contributed by atoms with E-state index in [0.717, 1.165) is 16.2 Å². The van der Waals surface area contributed by atoms with Gasteiger partial charge >= 0.3 is 12.1 Å². The van der Waals surface area contributed by atoms with Gasteiger partial charge in [-0.05, 0) is 108 Å². The molecule has 3 aromatic rings. The van der Waals surface area contributed by atoms with Gasteiger partial charge < -0.3 is 39.0 Å². The minimum Gasteiger partial charge on any atom is -0.458 e. The number of nitrogens with zero attached hydrogens (tertiary/aromatic N) is 5. The van der Waals surface area contributed by atoms with E-state index in [2.05, 4.69) is 26.7 Å². The van der Waals surface area contributed by atoms with E-state index in [-0.39, 0.29) is 42.9 Å². The number of likely N-dealkylation sites (N-methyl/N-ethyl adjacent to an activating group) is 1. The molecule has 4 aliphatic heterocycles. The number of cyclic esters (lactones) is 1. The second-order valence-electron chi connectivity index (χ2n) is 18.6. The Labute approximate surface area is 394 Å². The molecule has 6 heterocycles. The van der Waals surface area contributed by atoms with Gasteiger partial charge in [0, 0.05) is 35.8 Å². The van der Waals surface area contributed by atoms with E-state index in [1.54, 1.807) is 37.1 Å². The molecule has 3 saturated heterocycles. The van der Waals surface area contributed by atoms with Crippen molar-refractivity contribution in [1.82, 2.24) is 19.4 Å². The highest BCUT2D eigenvalue weighted by Crippen LogP contribution is 2.44. The van der Waals surface area contributed by atoms with Crippen molar-refractivity contribution in [2.75, 3.05) is 39.1 Å². The predicted octanol–water partition coefficient (Wildman–Crippen LogP) is 6.33. The fourth-order valence-corrected chi connectivity index (χ4v) is 11.6. The molecule has 66 heavy (non-hydrogen) atoms. The van der Waals surface area contributed by atoms with E-state index in [9.17, 15) is 24.3 Å². The van der Waals surface area contributed by atoms with Crippen molar-refractivity contribution >= 4 is 58.0 Å². The molecule has 2 aromatic heterocycles. The summed E-state index contributed by atoms with van der Waals surface area (Å²) in [5.41, 5.74) is -0.125. The van der Waals surface area contributed by atoms with Gasteiger partial charge in [0.1, 0.15) is 24.7 Å². The standard InChI is InChI=1S/C48H62N6O10S2/c1-11-37-48(8)41-28(4)38(49-20-21-54(41)46(59)64-48)26(2)24-47(7,42(29(5)39(55)30(6)44(58)62-37)63-45-40(56)34(53(9)10)23-27(3)61-45)60-22-12-13-33-18-19-35(65-33)43(57)51-32-16-14-31(15-17-32)36-25-50-52-66-36/h14-19,25-30,34,37,40-42,45,56H,11,20-24H2,1-10H3,(H,51,57)/t26-,27-,28-,29+,30-,34+,37+,40-,41-,42-,45+,47+,48-/m1/s1. The van der Waals surface area contributed by atoms with E-state index < -0.39 is 71.5 Å². The SMILES string of the molecule is CC[C@@H]1OC(=O)[C@H](C)C(=O)[C@H](C)[C@@H](O[C@@H]2O[C@H](C)C[C@H](N(C)C)[C@H]2O)[C@@](C)(OCC#Cc2ccc(C(=O)Nc3ccc(-c4cnns4)cc3)s2)C[C@@H](C)C2=NCCN3C(=O)O[C@@]1(C)[C@H]3[C@@H]2C. The maximum Gasteiger partial charge on any atom is 0.410 e. The van der Waals surface area contributed by atoms with Crippen LogP contribution >= 0.6 is 22.9 Å². The third-order valence-electron chi connectivity index (χ3n) is 13.7. The zero-order valence-corrected chi connectivity index (χ0v) is 40.9. The van der Waals surface area contributed by atoms with E-state index in [0.29, 0.717) is 41.4 Å². The predicted molar refractivity (Wildman–Crippen MR) is 250 cm³/mol. The van der Waals surface area contributed by atoms with E-state index in [1.807, 2.05) is 77.9 Å². The quantitative estimate of drug-likeness (QED) is 0.138. The maximum atomic E-state index is 14.7. The first-order valence-corrected chi connectivity index (χ1v) is 24.3. The Balaban J connectivity index is 1.20. The first kappa shape index (κ1) is 49.3. The van der Waals surface area contributed by atoms with Crippen LogP contribution in [0.2, 0.25) is 0 Å². The second kappa shape index (κ2) is 20.3. The minimum atomic E-state index is -1.31. The lowest BCUT2D eigenvalue weighted by atomic mass is 9.73. The Morgan fingerprint density at radius 1 is 1.06 bits per heavy atom. The molecule has 16 nitrogen and oxygen atoms in total. The number of carbonyl (C=O) groups is 4. The van der Waals surface area contributed by atoms with Gasteiger partial charge in [0.25, 0.3) is 5.91 Å². The van der Waals surface area contributed by atoms with Gasteiger partial charge in [0.2, 0.25) is 0 Å². The van der Waals surface area contributed by atoms with Crippen LogP contribution < -0.4 is 5.32 Å². The van der Waals surface area contributed by atoms with Gasteiger partial charge in [-0.15, -0.1) is 16.4 Å². The van der Waals surface area contributed by atoms with Crippen molar-refractivity contribution in [3.8, 4) is 22.3 Å². The van der Waals surface area contributed by atoms with E-state index in [4.69, 9.17) is 28.7 Å². The second-order valence-corrected chi connectivity index (χ2v) is 20.5. The van der Waals surface area contributed by atoms with Gasteiger partial charge in [-0.3, -0.25) is 24.3 Å². The van der Waals surface area contributed by atoms with Crippen molar-refractivity contribution in [3.05, 3.63) is 52.3 Å². The molecule has 0 saturated carbocycles. The van der Waals surface area contributed by atoms with Crippen molar-refractivity contribution in [2.45, 2.75) is 129 Å². The molecular weight excluding hydrogens is 885 g/mol. The number of amides is 2. The third kappa shape index (κ3) is 10.1. The van der Waals surface area contributed by atoms with Crippen molar-refractivity contribution in [2.24, 2.45) is 28.7 Å². The number of fused-ring (bicyclic) bond motifs is 1. The average molecular weight is 947 g/mol. The Hall–Kier alpha value is -4.61. The van der Waals surface area contributed by atoms with Crippen LogP contribution in [0.3, 0.4) is 0 Å². The number of benzene rings is 1. The molecule has 2 amide bonds. The smallest absolute Gasteiger partial charge is 0.410 e. The van der Waals surface area contributed by atoms with Crippen LogP contribution in [-0.4, -0.2) is 142 Å². The summed E-state index contributed by atoms with van der Waals surface area (Å²) >= 11 is 2.53. The van der Waals surface area contributed by atoms with Gasteiger partial charge in [0.05, 0.1) is 51.2 Å². The Kier molecular flexibility index (Phi) is 15.2. The van der Waals surface area contributed by atoms with Crippen LogP contribution in [0.25, 0.3) is 10.4 Å². The third-order valence-corrected chi connectivity index (χ3v) is 15.4. The number of aliphatic hydroxyl groups excluding tert-OH is 1. The molecule has 0 aliphatic carbocycles. The topological polar surface area (TPSA) is 191 Å². The lowest BCUT2D eigenvalue weighted by Crippen LogP contribution is -2.60. The molecule has 7 rings (SSSR count). The average Bonchev–Trinajstić information content (AvgIpc) is 4.02. The molecule has 3 fully saturated rings. The molecule has 4 aliphatic rings. The van der Waals surface area contributed by atoms with Gasteiger partial charge in [-0.1, -0.05) is 56.2 Å². The molecule has 13 atom stereocenters.